The van der Waals surface area contributed by atoms with Crippen LogP contribution in [-0.2, 0) is 0 Å². The lowest BCUT2D eigenvalue weighted by Crippen LogP contribution is -2.15. The van der Waals surface area contributed by atoms with E-state index >= 15 is 0 Å². The van der Waals surface area contributed by atoms with Crippen LogP contribution in [0.3, 0.4) is 0 Å². The van der Waals surface area contributed by atoms with Gasteiger partial charge in [0, 0.05) is 12.7 Å². The molecular weight excluding hydrogens is 114 g/mol. The summed E-state index contributed by atoms with van der Waals surface area (Å²) in [6, 6.07) is 0. The Kier molecular flexibility index (Phi) is 2.78. The molecule has 0 aromatic carbocycles. The Hall–Kier alpha value is -0.990. The highest BCUT2D eigenvalue weighted by Crippen LogP contribution is 1.94. The van der Waals surface area contributed by atoms with Gasteiger partial charge in [-0.2, -0.15) is 5.10 Å². The summed E-state index contributed by atoms with van der Waals surface area (Å²) in [4.78, 5) is 0. The molecule has 0 saturated heterocycles. The molecule has 9 heavy (non-hydrogen) atoms. The molecule has 0 fully saturated rings. The Bertz CT molecular complexity index is 133. The first kappa shape index (κ1) is 8.01. The lowest BCUT2D eigenvalue weighted by Gasteiger charge is -2.11. The summed E-state index contributed by atoms with van der Waals surface area (Å²) in [5.41, 5.74) is 6.17. The fraction of sp³-hybridized carbons (Fsp3) is 0.500. The van der Waals surface area contributed by atoms with Crippen molar-refractivity contribution in [2.45, 2.75) is 13.8 Å². The molecule has 0 aromatic rings. The van der Waals surface area contributed by atoms with Crippen LogP contribution in [0.5, 0.6) is 0 Å². The van der Waals surface area contributed by atoms with E-state index in [1.165, 1.54) is 0 Å². The molecule has 0 amide bonds. The molecule has 0 unspecified atom stereocenters. The van der Waals surface area contributed by atoms with Gasteiger partial charge < -0.3 is 5.73 Å². The number of nitrogens with zero attached hydrogens (tertiary/aromatic N) is 2. The van der Waals surface area contributed by atoms with E-state index in [2.05, 4.69) is 11.7 Å². The van der Waals surface area contributed by atoms with E-state index < -0.39 is 0 Å². The molecule has 0 aliphatic heterocycles. The molecule has 0 atom stereocenters. The summed E-state index contributed by atoms with van der Waals surface area (Å²) >= 11 is 0. The second kappa shape index (κ2) is 3.12. The highest BCUT2D eigenvalue weighted by atomic mass is 15.4. The van der Waals surface area contributed by atoms with Gasteiger partial charge in [-0.05, 0) is 13.8 Å². The van der Waals surface area contributed by atoms with Crippen LogP contribution in [0.25, 0.3) is 0 Å². The monoisotopic (exact) mass is 127 g/mol. The normalized spacial score (nSPS) is 11.2. The van der Waals surface area contributed by atoms with E-state index in [0.29, 0.717) is 5.84 Å². The molecule has 52 valence electrons. The Balaban J connectivity index is 3.91. The number of rotatable bonds is 2. The van der Waals surface area contributed by atoms with E-state index in [4.69, 9.17) is 5.73 Å². The Morgan fingerprint density at radius 2 is 2.00 bits per heavy atom. The topological polar surface area (TPSA) is 41.6 Å². The van der Waals surface area contributed by atoms with Crippen molar-refractivity contribution in [3.05, 3.63) is 12.3 Å². The maximum atomic E-state index is 5.30. The van der Waals surface area contributed by atoms with Crippen LogP contribution in [0, 0.1) is 0 Å². The van der Waals surface area contributed by atoms with Crippen molar-refractivity contribution in [3.63, 3.8) is 0 Å². The van der Waals surface area contributed by atoms with Gasteiger partial charge in [0.15, 0.2) is 0 Å². The first-order valence-corrected chi connectivity index (χ1v) is 2.74. The lowest BCUT2D eigenvalue weighted by molar-refractivity contribution is 0.448. The van der Waals surface area contributed by atoms with Crippen molar-refractivity contribution in [2.75, 3.05) is 7.05 Å². The average molecular weight is 127 g/mol. The Labute approximate surface area is 55.8 Å². The van der Waals surface area contributed by atoms with E-state index in [-0.39, 0.29) is 0 Å². The Morgan fingerprint density at radius 1 is 1.56 bits per heavy atom. The molecule has 3 nitrogen and oxygen atoms in total. The van der Waals surface area contributed by atoms with Gasteiger partial charge in [-0.15, -0.1) is 0 Å². The number of allylic oxidation sites excluding steroid dienone is 1. The zero-order valence-corrected chi connectivity index (χ0v) is 6.18. The third-order valence-corrected chi connectivity index (χ3v) is 0.860. The van der Waals surface area contributed by atoms with Gasteiger partial charge >= 0.3 is 0 Å². The quantitative estimate of drug-likeness (QED) is 0.338. The first-order valence-electron chi connectivity index (χ1n) is 2.74. The van der Waals surface area contributed by atoms with Crippen molar-refractivity contribution in [2.24, 2.45) is 10.8 Å². The molecule has 0 aliphatic carbocycles. The second-order valence-corrected chi connectivity index (χ2v) is 2.00. The largest absolute Gasteiger partial charge is 0.386 e. The highest BCUT2D eigenvalue weighted by Gasteiger charge is 1.89. The van der Waals surface area contributed by atoms with Crippen LogP contribution in [-0.4, -0.2) is 17.9 Å². The minimum absolute atomic E-state index is 0.542. The van der Waals surface area contributed by atoms with E-state index in [1.54, 1.807) is 19.0 Å². The summed E-state index contributed by atoms with van der Waals surface area (Å²) in [7, 11) is 1.80. The van der Waals surface area contributed by atoms with Crippen LogP contribution < -0.4 is 5.73 Å². The third-order valence-electron chi connectivity index (χ3n) is 0.860. The molecule has 0 aromatic heterocycles. The van der Waals surface area contributed by atoms with Crippen LogP contribution >= 0.6 is 0 Å². The summed E-state index contributed by atoms with van der Waals surface area (Å²) in [5, 5.41) is 5.54. The molecule has 0 aliphatic rings. The van der Waals surface area contributed by atoms with Crippen molar-refractivity contribution in [3.8, 4) is 0 Å². The molecule has 0 radical (unpaired) electrons. The average Bonchev–Trinajstić information content (AvgIpc) is 1.63. The number of amidine groups is 1. The maximum absolute atomic E-state index is 5.30. The van der Waals surface area contributed by atoms with E-state index in [1.807, 2.05) is 6.92 Å². The molecule has 0 rings (SSSR count). The standard InChI is InChI=1S/C6H13N3/c1-5(2)9(4)8-6(3)7/h1H2,2-4H3,(H2,7,8). The molecule has 0 saturated carbocycles. The van der Waals surface area contributed by atoms with Crippen LogP contribution in [0.4, 0.5) is 0 Å². The molecular formula is C6H13N3. The van der Waals surface area contributed by atoms with Gasteiger partial charge in [-0.25, -0.2) is 0 Å². The summed E-state index contributed by atoms with van der Waals surface area (Å²) in [5.74, 6) is 0.542. The number of hydrogen-bond donors (Lipinski definition) is 1. The zero-order valence-electron chi connectivity index (χ0n) is 6.18. The zero-order chi connectivity index (χ0) is 7.44. The number of hydrazone groups is 1. The molecule has 2 N–H and O–H groups in total. The predicted octanol–water partition coefficient (Wildman–Crippen LogP) is 0.744. The fourth-order valence-electron chi connectivity index (χ4n) is 0.322. The summed E-state index contributed by atoms with van der Waals surface area (Å²) < 4.78 is 0. The van der Waals surface area contributed by atoms with Crippen LogP contribution in [0.1, 0.15) is 13.8 Å². The smallest absolute Gasteiger partial charge is 0.117 e. The van der Waals surface area contributed by atoms with Crippen molar-refractivity contribution in [1.82, 2.24) is 5.01 Å². The van der Waals surface area contributed by atoms with Crippen molar-refractivity contribution >= 4 is 5.84 Å². The third kappa shape index (κ3) is 3.58. The number of hydrogen-bond acceptors (Lipinski definition) is 2. The van der Waals surface area contributed by atoms with Gasteiger partial charge in [0.25, 0.3) is 0 Å². The van der Waals surface area contributed by atoms with E-state index in [0.717, 1.165) is 5.70 Å². The van der Waals surface area contributed by atoms with Crippen LogP contribution in [0.15, 0.2) is 17.4 Å². The Morgan fingerprint density at radius 3 is 2.11 bits per heavy atom. The second-order valence-electron chi connectivity index (χ2n) is 2.00. The van der Waals surface area contributed by atoms with Crippen molar-refractivity contribution < 1.29 is 0 Å². The minimum Gasteiger partial charge on any atom is -0.386 e. The molecule has 0 bridgehead atoms. The van der Waals surface area contributed by atoms with Gasteiger partial charge in [0.2, 0.25) is 0 Å². The SMILES string of the molecule is C=C(C)N(C)/N=C(/C)N. The molecule has 0 spiro atoms. The van der Waals surface area contributed by atoms with Crippen LogP contribution in [0.2, 0.25) is 0 Å². The van der Waals surface area contributed by atoms with Gasteiger partial charge in [-0.1, -0.05) is 6.58 Å². The predicted molar refractivity (Wildman–Crippen MR) is 39.9 cm³/mol. The maximum Gasteiger partial charge on any atom is 0.117 e. The fourth-order valence-corrected chi connectivity index (χ4v) is 0.322. The summed E-state index contributed by atoms with van der Waals surface area (Å²) in [6.45, 7) is 7.27. The molecule has 3 heteroatoms. The highest BCUT2D eigenvalue weighted by molar-refractivity contribution is 5.77. The molecule has 0 heterocycles. The van der Waals surface area contributed by atoms with E-state index in [9.17, 15) is 0 Å². The minimum atomic E-state index is 0.542. The first-order chi connectivity index (χ1) is 4.04. The lowest BCUT2D eigenvalue weighted by atomic mass is 10.6. The number of nitrogens with two attached hydrogens (primary N) is 1. The summed E-state index contributed by atoms with van der Waals surface area (Å²) in [6.07, 6.45) is 0. The van der Waals surface area contributed by atoms with Crippen molar-refractivity contribution in [1.29, 1.82) is 0 Å². The van der Waals surface area contributed by atoms with Gasteiger partial charge in [-0.3, -0.25) is 5.01 Å². The van der Waals surface area contributed by atoms with Gasteiger partial charge in [0.05, 0.1) is 0 Å². The van der Waals surface area contributed by atoms with Gasteiger partial charge in [0.1, 0.15) is 5.84 Å².